The number of hydrogen-bond donors (Lipinski definition) is 2. The molecule has 0 radical (unpaired) electrons. The van der Waals surface area contributed by atoms with Crippen molar-refractivity contribution in [2.45, 2.75) is 0 Å². The van der Waals surface area contributed by atoms with Gasteiger partial charge in [0, 0.05) is 10.0 Å². The molecular weight excluding hydrogens is 392 g/mol. The highest BCUT2D eigenvalue weighted by molar-refractivity contribution is 9.10. The normalized spacial score (nSPS) is 10.5. The number of ether oxygens (including phenoxy) is 3. The number of benzene rings is 2. The molecule has 0 aliphatic rings. The first-order chi connectivity index (χ1) is 12.0. The standard InChI is InChI=1S/C17H17BrN2O5/c1-23-14-6-11(7-15(24-2)17(14)22)9-19-20-16(21)10-25-13-5-3-4-12(18)8-13/h3-9,22H,10H2,1-2H3,(H,20,21)/b19-9+. The van der Waals surface area contributed by atoms with Crippen molar-refractivity contribution in [3.63, 3.8) is 0 Å². The minimum Gasteiger partial charge on any atom is -0.502 e. The summed E-state index contributed by atoms with van der Waals surface area (Å²) in [7, 11) is 2.85. The van der Waals surface area contributed by atoms with Crippen molar-refractivity contribution in [3.8, 4) is 23.0 Å². The van der Waals surface area contributed by atoms with E-state index in [1.54, 1.807) is 30.3 Å². The lowest BCUT2D eigenvalue weighted by Gasteiger charge is -2.09. The molecule has 0 aromatic heterocycles. The second-order valence-electron chi connectivity index (χ2n) is 4.81. The fourth-order valence-electron chi connectivity index (χ4n) is 1.91. The molecule has 0 bridgehead atoms. The van der Waals surface area contributed by atoms with E-state index in [0.29, 0.717) is 11.3 Å². The number of phenols is 1. The van der Waals surface area contributed by atoms with Crippen LogP contribution in [0.4, 0.5) is 0 Å². The van der Waals surface area contributed by atoms with Crippen LogP contribution in [0.3, 0.4) is 0 Å². The molecule has 0 spiro atoms. The lowest BCUT2D eigenvalue weighted by Crippen LogP contribution is -2.24. The van der Waals surface area contributed by atoms with E-state index < -0.39 is 5.91 Å². The second-order valence-corrected chi connectivity index (χ2v) is 5.73. The summed E-state index contributed by atoms with van der Waals surface area (Å²) in [5.74, 6) is 0.541. The van der Waals surface area contributed by atoms with Crippen molar-refractivity contribution >= 4 is 28.1 Å². The summed E-state index contributed by atoms with van der Waals surface area (Å²) in [6.07, 6.45) is 1.40. The molecule has 0 heterocycles. The Hall–Kier alpha value is -2.74. The van der Waals surface area contributed by atoms with Crippen LogP contribution in [0.5, 0.6) is 23.0 Å². The molecule has 2 aromatic carbocycles. The molecular formula is C17H17BrN2O5. The maximum absolute atomic E-state index is 11.7. The van der Waals surface area contributed by atoms with Gasteiger partial charge in [0.25, 0.3) is 5.91 Å². The Morgan fingerprint density at radius 1 is 1.24 bits per heavy atom. The van der Waals surface area contributed by atoms with Gasteiger partial charge >= 0.3 is 0 Å². The molecule has 0 aliphatic heterocycles. The molecule has 0 unspecified atom stereocenters. The van der Waals surface area contributed by atoms with Gasteiger partial charge in [-0.05, 0) is 30.3 Å². The van der Waals surface area contributed by atoms with Crippen LogP contribution in [0, 0.1) is 0 Å². The minimum absolute atomic E-state index is 0.103. The Labute approximate surface area is 153 Å². The summed E-state index contributed by atoms with van der Waals surface area (Å²) in [4.78, 5) is 11.7. The van der Waals surface area contributed by atoms with E-state index in [2.05, 4.69) is 26.5 Å². The molecule has 8 heteroatoms. The SMILES string of the molecule is COc1cc(/C=N/NC(=O)COc2cccc(Br)c2)cc(OC)c1O. The number of methoxy groups -OCH3 is 2. The zero-order valence-electron chi connectivity index (χ0n) is 13.7. The molecule has 2 aromatic rings. The monoisotopic (exact) mass is 408 g/mol. The van der Waals surface area contributed by atoms with E-state index in [-0.39, 0.29) is 23.9 Å². The Morgan fingerprint density at radius 2 is 1.92 bits per heavy atom. The first-order valence-electron chi connectivity index (χ1n) is 7.18. The predicted octanol–water partition coefficient (Wildman–Crippen LogP) is 2.70. The van der Waals surface area contributed by atoms with Crippen molar-refractivity contribution in [1.29, 1.82) is 0 Å². The van der Waals surface area contributed by atoms with Gasteiger partial charge in [0.1, 0.15) is 5.75 Å². The summed E-state index contributed by atoms with van der Waals surface area (Å²) in [6.45, 7) is -0.171. The number of carbonyl (C=O) groups excluding carboxylic acids is 1. The Morgan fingerprint density at radius 3 is 2.52 bits per heavy atom. The lowest BCUT2D eigenvalue weighted by atomic mass is 10.2. The van der Waals surface area contributed by atoms with E-state index in [1.165, 1.54) is 20.4 Å². The number of carbonyl (C=O) groups is 1. The lowest BCUT2D eigenvalue weighted by molar-refractivity contribution is -0.123. The third kappa shape index (κ3) is 5.39. The van der Waals surface area contributed by atoms with E-state index >= 15 is 0 Å². The molecule has 1 amide bonds. The van der Waals surface area contributed by atoms with Crippen LogP contribution >= 0.6 is 15.9 Å². The van der Waals surface area contributed by atoms with Gasteiger partial charge in [-0.1, -0.05) is 22.0 Å². The van der Waals surface area contributed by atoms with E-state index in [0.717, 1.165) is 4.47 Å². The summed E-state index contributed by atoms with van der Waals surface area (Å²) in [5, 5.41) is 13.7. The highest BCUT2D eigenvalue weighted by Gasteiger charge is 2.10. The summed E-state index contributed by atoms with van der Waals surface area (Å²) in [6, 6.07) is 10.3. The van der Waals surface area contributed by atoms with Gasteiger partial charge in [-0.25, -0.2) is 5.43 Å². The maximum atomic E-state index is 11.7. The van der Waals surface area contributed by atoms with Crippen molar-refractivity contribution < 1.29 is 24.1 Å². The van der Waals surface area contributed by atoms with Gasteiger partial charge in [0.2, 0.25) is 5.75 Å². The molecule has 0 fully saturated rings. The van der Waals surface area contributed by atoms with Crippen LogP contribution in [0.2, 0.25) is 0 Å². The zero-order chi connectivity index (χ0) is 18.2. The average molecular weight is 409 g/mol. The Kier molecular flexibility index (Phi) is 6.64. The number of aromatic hydroxyl groups is 1. The molecule has 2 N–H and O–H groups in total. The first kappa shape index (κ1) is 18.6. The van der Waals surface area contributed by atoms with Crippen LogP contribution in [0.15, 0.2) is 46.0 Å². The van der Waals surface area contributed by atoms with Gasteiger partial charge in [-0.15, -0.1) is 0 Å². The van der Waals surface area contributed by atoms with Gasteiger partial charge in [-0.2, -0.15) is 5.10 Å². The van der Waals surface area contributed by atoms with Crippen LogP contribution in [-0.4, -0.2) is 38.1 Å². The third-order valence-corrected chi connectivity index (χ3v) is 3.56. The van der Waals surface area contributed by atoms with Crippen molar-refractivity contribution in [3.05, 3.63) is 46.4 Å². The Bertz CT molecular complexity index is 754. The maximum Gasteiger partial charge on any atom is 0.277 e. The smallest absolute Gasteiger partial charge is 0.277 e. The number of nitrogens with one attached hydrogen (secondary N) is 1. The van der Waals surface area contributed by atoms with Crippen LogP contribution in [0.1, 0.15) is 5.56 Å². The molecule has 132 valence electrons. The molecule has 0 saturated heterocycles. The van der Waals surface area contributed by atoms with Crippen molar-refractivity contribution in [2.75, 3.05) is 20.8 Å². The number of amides is 1. The third-order valence-electron chi connectivity index (χ3n) is 3.07. The average Bonchev–Trinajstić information content (AvgIpc) is 2.61. The topological polar surface area (TPSA) is 89.4 Å². The van der Waals surface area contributed by atoms with E-state index in [9.17, 15) is 9.90 Å². The van der Waals surface area contributed by atoms with Crippen LogP contribution in [0.25, 0.3) is 0 Å². The number of rotatable bonds is 7. The minimum atomic E-state index is -0.408. The highest BCUT2D eigenvalue weighted by atomic mass is 79.9. The number of phenolic OH excluding ortho intramolecular Hbond substituents is 1. The molecule has 25 heavy (non-hydrogen) atoms. The van der Waals surface area contributed by atoms with Crippen LogP contribution in [-0.2, 0) is 4.79 Å². The highest BCUT2D eigenvalue weighted by Crippen LogP contribution is 2.36. The van der Waals surface area contributed by atoms with Crippen LogP contribution < -0.4 is 19.6 Å². The van der Waals surface area contributed by atoms with Crippen molar-refractivity contribution in [2.24, 2.45) is 5.10 Å². The number of hydrazone groups is 1. The van der Waals surface area contributed by atoms with Gasteiger partial charge in [0.05, 0.1) is 20.4 Å². The van der Waals surface area contributed by atoms with E-state index in [1.807, 2.05) is 6.07 Å². The van der Waals surface area contributed by atoms with Crippen molar-refractivity contribution in [1.82, 2.24) is 5.43 Å². The first-order valence-corrected chi connectivity index (χ1v) is 7.98. The Balaban J connectivity index is 1.93. The molecule has 7 nitrogen and oxygen atoms in total. The molecule has 0 saturated carbocycles. The molecule has 0 aliphatic carbocycles. The summed E-state index contributed by atoms with van der Waals surface area (Å²) < 4.78 is 16.3. The quantitative estimate of drug-likeness (QED) is 0.542. The number of hydrogen-bond acceptors (Lipinski definition) is 6. The predicted molar refractivity (Wildman–Crippen MR) is 96.6 cm³/mol. The van der Waals surface area contributed by atoms with Gasteiger partial charge < -0.3 is 19.3 Å². The van der Waals surface area contributed by atoms with Gasteiger partial charge in [0.15, 0.2) is 18.1 Å². The fourth-order valence-corrected chi connectivity index (χ4v) is 2.28. The zero-order valence-corrected chi connectivity index (χ0v) is 15.2. The molecule has 2 rings (SSSR count). The molecule has 0 atom stereocenters. The van der Waals surface area contributed by atoms with E-state index in [4.69, 9.17) is 14.2 Å². The number of nitrogens with zero attached hydrogens (tertiary/aromatic N) is 1. The number of halogens is 1. The summed E-state index contributed by atoms with van der Waals surface area (Å²) >= 11 is 3.32. The second kappa shape index (κ2) is 8.93. The largest absolute Gasteiger partial charge is 0.502 e. The fraction of sp³-hybridized carbons (Fsp3) is 0.176. The van der Waals surface area contributed by atoms with Gasteiger partial charge in [-0.3, -0.25) is 4.79 Å². The summed E-state index contributed by atoms with van der Waals surface area (Å²) in [5.41, 5.74) is 2.94.